The summed E-state index contributed by atoms with van der Waals surface area (Å²) in [5.74, 6) is 0. The van der Waals surface area contributed by atoms with Gasteiger partial charge in [-0.05, 0) is 44.0 Å². The van der Waals surface area contributed by atoms with Crippen LogP contribution in [0.15, 0.2) is 23.1 Å². The van der Waals surface area contributed by atoms with Crippen molar-refractivity contribution < 1.29 is 8.42 Å². The van der Waals surface area contributed by atoms with E-state index < -0.39 is 10.0 Å². The summed E-state index contributed by atoms with van der Waals surface area (Å²) in [6, 6.07) is 5.54. The van der Waals surface area contributed by atoms with E-state index in [1.54, 1.807) is 16.4 Å². The first kappa shape index (κ1) is 13.5. The smallest absolute Gasteiger partial charge is 0.243 e. The maximum atomic E-state index is 12.5. The summed E-state index contributed by atoms with van der Waals surface area (Å²) >= 11 is 0. The molecule has 5 heteroatoms. The fraction of sp³-hybridized carbons (Fsp3) is 0.538. The van der Waals surface area contributed by atoms with Crippen LogP contribution in [0.2, 0.25) is 0 Å². The van der Waals surface area contributed by atoms with Crippen molar-refractivity contribution in [1.29, 1.82) is 0 Å². The van der Waals surface area contributed by atoms with E-state index in [0.717, 1.165) is 11.1 Å². The van der Waals surface area contributed by atoms with Gasteiger partial charge in [-0.3, -0.25) is 0 Å². The Morgan fingerprint density at radius 3 is 2.61 bits per heavy atom. The third kappa shape index (κ3) is 2.58. The highest BCUT2D eigenvalue weighted by atomic mass is 32.2. The zero-order valence-corrected chi connectivity index (χ0v) is 11.9. The van der Waals surface area contributed by atoms with Crippen LogP contribution in [0.1, 0.15) is 18.1 Å². The number of piperazine rings is 1. The minimum absolute atomic E-state index is 0.208. The largest absolute Gasteiger partial charge is 0.312 e. The molecule has 0 amide bonds. The second-order valence-corrected chi connectivity index (χ2v) is 6.90. The van der Waals surface area contributed by atoms with Gasteiger partial charge in [-0.15, -0.1) is 0 Å². The zero-order valence-electron chi connectivity index (χ0n) is 11.1. The Morgan fingerprint density at radius 1 is 1.28 bits per heavy atom. The topological polar surface area (TPSA) is 49.4 Å². The third-order valence-electron chi connectivity index (χ3n) is 3.45. The summed E-state index contributed by atoms with van der Waals surface area (Å²) in [4.78, 5) is 0.403. The maximum absolute atomic E-state index is 12.5. The molecule has 1 atom stereocenters. The number of nitrogens with zero attached hydrogens (tertiary/aromatic N) is 1. The predicted molar refractivity (Wildman–Crippen MR) is 72.1 cm³/mol. The van der Waals surface area contributed by atoms with Crippen molar-refractivity contribution in [2.45, 2.75) is 31.7 Å². The molecule has 1 aliphatic rings. The summed E-state index contributed by atoms with van der Waals surface area (Å²) in [5, 5.41) is 3.25. The van der Waals surface area contributed by atoms with Gasteiger partial charge in [0, 0.05) is 25.7 Å². The standard InChI is InChI=1S/C13H20N2O2S/c1-10-4-5-13(8-11(10)2)18(16,17)15-7-6-14-12(3)9-15/h4-5,8,12,14H,6-7,9H2,1-3H3. The third-order valence-corrected chi connectivity index (χ3v) is 5.31. The van der Waals surface area contributed by atoms with Crippen molar-refractivity contribution in [2.24, 2.45) is 0 Å². The number of hydrogen-bond donors (Lipinski definition) is 1. The highest BCUT2D eigenvalue weighted by Crippen LogP contribution is 2.20. The molecular weight excluding hydrogens is 248 g/mol. The number of aryl methyl sites for hydroxylation is 2. The second kappa shape index (κ2) is 4.99. The van der Waals surface area contributed by atoms with Crippen LogP contribution in [0, 0.1) is 13.8 Å². The number of hydrogen-bond acceptors (Lipinski definition) is 3. The minimum atomic E-state index is -3.34. The molecule has 1 N–H and O–H groups in total. The van der Waals surface area contributed by atoms with Gasteiger partial charge in [0.2, 0.25) is 10.0 Å². The van der Waals surface area contributed by atoms with Gasteiger partial charge >= 0.3 is 0 Å². The Morgan fingerprint density at radius 2 is 2.00 bits per heavy atom. The first-order valence-corrected chi connectivity index (χ1v) is 7.66. The summed E-state index contributed by atoms with van der Waals surface area (Å²) in [5.41, 5.74) is 2.13. The molecule has 1 unspecified atom stereocenters. The molecule has 0 saturated carbocycles. The van der Waals surface area contributed by atoms with Gasteiger partial charge in [0.25, 0.3) is 0 Å². The van der Waals surface area contributed by atoms with Crippen LogP contribution >= 0.6 is 0 Å². The molecule has 2 rings (SSSR count). The van der Waals surface area contributed by atoms with Gasteiger partial charge < -0.3 is 5.32 Å². The van der Waals surface area contributed by atoms with E-state index in [-0.39, 0.29) is 6.04 Å². The van der Waals surface area contributed by atoms with E-state index in [0.29, 0.717) is 24.5 Å². The Balaban J connectivity index is 2.32. The molecule has 1 fully saturated rings. The van der Waals surface area contributed by atoms with Gasteiger partial charge in [0.05, 0.1) is 4.90 Å². The number of sulfonamides is 1. The Hall–Kier alpha value is -0.910. The number of rotatable bonds is 2. The lowest BCUT2D eigenvalue weighted by atomic mass is 10.1. The van der Waals surface area contributed by atoms with Crippen molar-refractivity contribution >= 4 is 10.0 Å². The molecule has 4 nitrogen and oxygen atoms in total. The fourth-order valence-corrected chi connectivity index (χ4v) is 3.75. The fourth-order valence-electron chi connectivity index (χ4n) is 2.14. The van der Waals surface area contributed by atoms with Gasteiger partial charge in [0.15, 0.2) is 0 Å². The average Bonchev–Trinajstić information content (AvgIpc) is 2.32. The van der Waals surface area contributed by atoms with Gasteiger partial charge in [-0.1, -0.05) is 6.07 Å². The molecule has 1 saturated heterocycles. The summed E-state index contributed by atoms with van der Waals surface area (Å²) in [6.45, 7) is 7.72. The van der Waals surface area contributed by atoms with Crippen molar-refractivity contribution in [1.82, 2.24) is 9.62 Å². The van der Waals surface area contributed by atoms with Crippen LogP contribution in [0.4, 0.5) is 0 Å². The average molecular weight is 268 g/mol. The molecule has 1 aliphatic heterocycles. The summed E-state index contributed by atoms with van der Waals surface area (Å²) < 4.78 is 26.6. The number of nitrogens with one attached hydrogen (secondary N) is 1. The minimum Gasteiger partial charge on any atom is -0.312 e. The molecule has 0 radical (unpaired) electrons. The predicted octanol–water partition coefficient (Wildman–Crippen LogP) is 1.29. The molecule has 1 aromatic carbocycles. The van der Waals surface area contributed by atoms with Gasteiger partial charge in [-0.2, -0.15) is 4.31 Å². The molecule has 100 valence electrons. The maximum Gasteiger partial charge on any atom is 0.243 e. The lowest BCUT2D eigenvalue weighted by Crippen LogP contribution is -2.51. The van der Waals surface area contributed by atoms with Crippen LogP contribution in [-0.2, 0) is 10.0 Å². The van der Waals surface area contributed by atoms with Crippen LogP contribution in [0.5, 0.6) is 0 Å². The van der Waals surface area contributed by atoms with E-state index in [1.807, 2.05) is 26.8 Å². The molecule has 1 heterocycles. The summed E-state index contributed by atoms with van der Waals surface area (Å²) in [7, 11) is -3.34. The van der Waals surface area contributed by atoms with Crippen LogP contribution in [0.25, 0.3) is 0 Å². The Bertz CT molecular complexity index is 540. The van der Waals surface area contributed by atoms with E-state index in [9.17, 15) is 8.42 Å². The first-order valence-electron chi connectivity index (χ1n) is 6.22. The van der Waals surface area contributed by atoms with E-state index >= 15 is 0 Å². The SMILES string of the molecule is Cc1ccc(S(=O)(=O)N2CCNC(C)C2)cc1C. The lowest BCUT2D eigenvalue weighted by molar-refractivity contribution is 0.310. The van der Waals surface area contributed by atoms with Gasteiger partial charge in [-0.25, -0.2) is 8.42 Å². The highest BCUT2D eigenvalue weighted by molar-refractivity contribution is 7.89. The van der Waals surface area contributed by atoms with E-state index in [4.69, 9.17) is 0 Å². The van der Waals surface area contributed by atoms with E-state index in [2.05, 4.69) is 5.32 Å². The van der Waals surface area contributed by atoms with Crippen molar-refractivity contribution in [3.8, 4) is 0 Å². The van der Waals surface area contributed by atoms with Gasteiger partial charge in [0.1, 0.15) is 0 Å². The molecule has 1 aromatic rings. The quantitative estimate of drug-likeness (QED) is 0.879. The zero-order chi connectivity index (χ0) is 13.3. The summed E-state index contributed by atoms with van der Waals surface area (Å²) in [6.07, 6.45) is 0. The normalized spacial score (nSPS) is 22.1. The Labute approximate surface area is 109 Å². The second-order valence-electron chi connectivity index (χ2n) is 4.96. The molecule has 18 heavy (non-hydrogen) atoms. The van der Waals surface area contributed by atoms with E-state index in [1.165, 1.54) is 0 Å². The lowest BCUT2D eigenvalue weighted by Gasteiger charge is -2.31. The van der Waals surface area contributed by atoms with Crippen molar-refractivity contribution in [3.63, 3.8) is 0 Å². The highest BCUT2D eigenvalue weighted by Gasteiger charge is 2.28. The Kier molecular flexibility index (Phi) is 3.75. The molecular formula is C13H20N2O2S. The van der Waals surface area contributed by atoms with Crippen LogP contribution in [0.3, 0.4) is 0 Å². The van der Waals surface area contributed by atoms with Crippen LogP contribution < -0.4 is 5.32 Å². The van der Waals surface area contributed by atoms with Crippen LogP contribution in [-0.4, -0.2) is 38.4 Å². The molecule has 0 spiro atoms. The molecule has 0 aliphatic carbocycles. The number of benzene rings is 1. The first-order chi connectivity index (χ1) is 8.41. The molecule has 0 aromatic heterocycles. The molecule has 0 bridgehead atoms. The van der Waals surface area contributed by atoms with Crippen molar-refractivity contribution in [2.75, 3.05) is 19.6 Å². The van der Waals surface area contributed by atoms with Crippen molar-refractivity contribution in [3.05, 3.63) is 29.3 Å². The monoisotopic (exact) mass is 268 g/mol.